The summed E-state index contributed by atoms with van der Waals surface area (Å²) >= 11 is 5.78. The molecular weight excluding hydrogens is 434 g/mol. The number of carbonyl (C=O) groups is 1. The molecule has 1 aliphatic carbocycles. The van der Waals surface area contributed by atoms with E-state index >= 15 is 0 Å². The van der Waals surface area contributed by atoms with E-state index in [9.17, 15) is 9.18 Å². The molecule has 2 aromatic carbocycles. The molecule has 0 bridgehead atoms. The highest BCUT2D eigenvalue weighted by atomic mass is 35.5. The lowest BCUT2D eigenvalue weighted by molar-refractivity contribution is 0.0987. The Morgan fingerprint density at radius 2 is 1.84 bits per heavy atom. The number of benzene rings is 2. The molecule has 1 unspecified atom stereocenters. The molecule has 3 rings (SSSR count). The van der Waals surface area contributed by atoms with Crippen molar-refractivity contribution in [1.82, 2.24) is 4.90 Å². The second-order valence-corrected chi connectivity index (χ2v) is 8.79. The first-order chi connectivity index (χ1) is 14.4. The van der Waals surface area contributed by atoms with Gasteiger partial charge in [0, 0.05) is 16.8 Å². The maximum Gasteiger partial charge on any atom is 0.255 e. The molecular formula is C25H31Cl2FN2O. The van der Waals surface area contributed by atoms with Crippen LogP contribution in [0.15, 0.2) is 55.1 Å². The van der Waals surface area contributed by atoms with Crippen molar-refractivity contribution in [2.45, 2.75) is 44.1 Å². The molecule has 168 valence electrons. The SMILES string of the molecule is C=CC(Cc1ccc(NC(=O)c2ccc(F)c(Cl)c2)cc1)(C1CCCCC1)N(C)C.Cl. The zero-order valence-corrected chi connectivity index (χ0v) is 19.7. The Labute approximate surface area is 196 Å². The number of hydrogen-bond donors (Lipinski definition) is 1. The van der Waals surface area contributed by atoms with Crippen molar-refractivity contribution >= 4 is 35.6 Å². The number of nitrogens with one attached hydrogen (secondary N) is 1. The summed E-state index contributed by atoms with van der Waals surface area (Å²) in [6.07, 6.45) is 9.37. The summed E-state index contributed by atoms with van der Waals surface area (Å²) in [5.74, 6) is -0.260. The van der Waals surface area contributed by atoms with Gasteiger partial charge < -0.3 is 5.32 Å². The van der Waals surface area contributed by atoms with E-state index in [1.54, 1.807) is 0 Å². The molecule has 1 aliphatic rings. The van der Waals surface area contributed by atoms with Gasteiger partial charge in [0.15, 0.2) is 0 Å². The minimum Gasteiger partial charge on any atom is -0.322 e. The molecule has 0 aromatic heterocycles. The molecule has 1 fully saturated rings. The van der Waals surface area contributed by atoms with E-state index in [1.807, 2.05) is 12.1 Å². The van der Waals surface area contributed by atoms with E-state index in [0.717, 1.165) is 6.42 Å². The smallest absolute Gasteiger partial charge is 0.255 e. The van der Waals surface area contributed by atoms with Gasteiger partial charge in [-0.2, -0.15) is 0 Å². The Morgan fingerprint density at radius 3 is 2.39 bits per heavy atom. The number of carbonyl (C=O) groups excluding carboxylic acids is 1. The maximum absolute atomic E-state index is 13.3. The van der Waals surface area contributed by atoms with Gasteiger partial charge in [0.25, 0.3) is 5.91 Å². The van der Waals surface area contributed by atoms with Crippen LogP contribution in [0.25, 0.3) is 0 Å². The van der Waals surface area contributed by atoms with Gasteiger partial charge in [-0.05, 0) is 75.2 Å². The number of hydrogen-bond acceptors (Lipinski definition) is 2. The third kappa shape index (κ3) is 5.88. The van der Waals surface area contributed by atoms with Gasteiger partial charge in [-0.3, -0.25) is 9.69 Å². The average Bonchev–Trinajstić information content (AvgIpc) is 2.75. The van der Waals surface area contributed by atoms with E-state index < -0.39 is 5.82 Å². The van der Waals surface area contributed by atoms with E-state index in [1.165, 1.54) is 55.9 Å². The molecule has 0 aliphatic heterocycles. The second kappa shape index (κ2) is 11.1. The molecule has 1 amide bonds. The summed E-state index contributed by atoms with van der Waals surface area (Å²) in [6.45, 7) is 4.19. The second-order valence-electron chi connectivity index (χ2n) is 8.38. The van der Waals surface area contributed by atoms with Crippen LogP contribution in [-0.4, -0.2) is 30.4 Å². The molecule has 0 heterocycles. The summed E-state index contributed by atoms with van der Waals surface area (Å²) in [4.78, 5) is 14.7. The standard InChI is InChI=1S/C25H30ClFN2O.ClH/c1-4-25(29(2)3,20-8-6-5-7-9-20)17-18-10-13-21(14-11-18)28-24(30)19-12-15-23(27)22(26)16-19;/h4,10-16,20H,1,5-9,17H2,2-3H3,(H,28,30);1H. The molecule has 0 saturated heterocycles. The Bertz CT molecular complexity index is 895. The fraction of sp³-hybridized carbons (Fsp3) is 0.400. The van der Waals surface area contributed by atoms with Crippen LogP contribution in [0.3, 0.4) is 0 Å². The van der Waals surface area contributed by atoms with Crippen molar-refractivity contribution in [2.24, 2.45) is 5.92 Å². The zero-order chi connectivity index (χ0) is 21.7. The molecule has 1 saturated carbocycles. The summed E-state index contributed by atoms with van der Waals surface area (Å²) in [5.41, 5.74) is 2.14. The van der Waals surface area contributed by atoms with E-state index in [-0.39, 0.29) is 28.9 Å². The highest BCUT2D eigenvalue weighted by Gasteiger charge is 2.38. The number of anilines is 1. The largest absolute Gasteiger partial charge is 0.322 e. The monoisotopic (exact) mass is 464 g/mol. The quantitative estimate of drug-likeness (QED) is 0.458. The highest BCUT2D eigenvalue weighted by molar-refractivity contribution is 6.31. The van der Waals surface area contributed by atoms with E-state index in [4.69, 9.17) is 11.6 Å². The predicted octanol–water partition coefficient (Wildman–Crippen LogP) is 6.76. The lowest BCUT2D eigenvalue weighted by Crippen LogP contribution is -2.51. The first-order valence-corrected chi connectivity index (χ1v) is 10.9. The maximum atomic E-state index is 13.3. The van der Waals surface area contributed by atoms with E-state index in [2.05, 4.69) is 49.1 Å². The Kier molecular flexibility index (Phi) is 9.11. The van der Waals surface area contributed by atoms with E-state index in [0.29, 0.717) is 17.2 Å². The number of amides is 1. The first kappa shape index (κ1) is 25.4. The lowest BCUT2D eigenvalue weighted by Gasteiger charge is -2.46. The fourth-order valence-electron chi connectivity index (χ4n) is 4.57. The fourth-order valence-corrected chi connectivity index (χ4v) is 4.75. The summed E-state index contributed by atoms with van der Waals surface area (Å²) in [6, 6.07) is 11.9. The van der Waals surface area contributed by atoms with Gasteiger partial charge in [-0.1, -0.05) is 49.1 Å². The predicted molar refractivity (Wildman–Crippen MR) is 130 cm³/mol. The Morgan fingerprint density at radius 1 is 1.19 bits per heavy atom. The normalized spacial score (nSPS) is 16.3. The summed E-state index contributed by atoms with van der Waals surface area (Å²) in [7, 11) is 4.28. The van der Waals surface area contributed by atoms with Crippen LogP contribution >= 0.6 is 24.0 Å². The van der Waals surface area contributed by atoms with Crippen LogP contribution in [0, 0.1) is 11.7 Å². The first-order valence-electron chi connectivity index (χ1n) is 10.5. The molecule has 31 heavy (non-hydrogen) atoms. The van der Waals surface area contributed by atoms with Gasteiger partial charge in [0.2, 0.25) is 0 Å². The summed E-state index contributed by atoms with van der Waals surface area (Å²) in [5, 5.41) is 2.78. The summed E-state index contributed by atoms with van der Waals surface area (Å²) < 4.78 is 13.3. The molecule has 6 heteroatoms. The van der Waals surface area contributed by atoms with Crippen LogP contribution in [0.2, 0.25) is 5.02 Å². The van der Waals surface area contributed by atoms with Crippen LogP contribution in [0.1, 0.15) is 48.0 Å². The molecule has 1 N–H and O–H groups in total. The highest BCUT2D eigenvalue weighted by Crippen LogP contribution is 2.39. The number of nitrogens with zero attached hydrogens (tertiary/aromatic N) is 1. The molecule has 0 radical (unpaired) electrons. The minimum atomic E-state index is -0.540. The van der Waals surface area contributed by atoms with Crippen molar-refractivity contribution in [1.29, 1.82) is 0 Å². The van der Waals surface area contributed by atoms with Crippen LogP contribution < -0.4 is 5.32 Å². The van der Waals surface area contributed by atoms with Crippen molar-refractivity contribution in [3.05, 3.63) is 77.1 Å². The molecule has 2 aromatic rings. The van der Waals surface area contributed by atoms with Crippen molar-refractivity contribution in [2.75, 3.05) is 19.4 Å². The van der Waals surface area contributed by atoms with Crippen molar-refractivity contribution in [3.8, 4) is 0 Å². The zero-order valence-electron chi connectivity index (χ0n) is 18.2. The Hall–Kier alpha value is -1.88. The molecule has 0 spiro atoms. The van der Waals surface area contributed by atoms with Crippen LogP contribution in [0.5, 0.6) is 0 Å². The number of rotatable bonds is 7. The minimum absolute atomic E-state index is 0. The van der Waals surface area contributed by atoms with Crippen molar-refractivity contribution in [3.63, 3.8) is 0 Å². The van der Waals surface area contributed by atoms with Crippen LogP contribution in [0.4, 0.5) is 10.1 Å². The van der Waals surface area contributed by atoms with Gasteiger partial charge >= 0.3 is 0 Å². The van der Waals surface area contributed by atoms with Gasteiger partial charge in [-0.25, -0.2) is 4.39 Å². The lowest BCUT2D eigenvalue weighted by atomic mass is 9.71. The molecule has 3 nitrogen and oxygen atoms in total. The van der Waals surface area contributed by atoms with Gasteiger partial charge in [-0.15, -0.1) is 19.0 Å². The third-order valence-corrected chi connectivity index (χ3v) is 6.67. The van der Waals surface area contributed by atoms with Gasteiger partial charge in [0.1, 0.15) is 5.82 Å². The average molecular weight is 465 g/mol. The number of halogens is 3. The van der Waals surface area contributed by atoms with Gasteiger partial charge in [0.05, 0.1) is 5.02 Å². The topological polar surface area (TPSA) is 32.3 Å². The third-order valence-electron chi connectivity index (χ3n) is 6.38. The van der Waals surface area contributed by atoms with Crippen molar-refractivity contribution < 1.29 is 9.18 Å². The molecule has 1 atom stereocenters. The van der Waals surface area contributed by atoms with Crippen LogP contribution in [-0.2, 0) is 6.42 Å². The number of likely N-dealkylation sites (N-methyl/N-ethyl adjacent to an activating group) is 1. The Balaban J connectivity index is 0.00000341.